The first-order chi connectivity index (χ1) is 7.86. The first kappa shape index (κ1) is 13.9. The molecule has 1 rings (SSSR count). The summed E-state index contributed by atoms with van der Waals surface area (Å²) >= 11 is 0. The zero-order valence-corrected chi connectivity index (χ0v) is 10.3. The van der Waals surface area contributed by atoms with Crippen molar-refractivity contribution in [3.8, 4) is 0 Å². The Kier molecular flexibility index (Phi) is 4.49. The van der Waals surface area contributed by atoms with Crippen molar-refractivity contribution in [3.05, 3.63) is 24.0 Å². The van der Waals surface area contributed by atoms with Crippen LogP contribution in [0.5, 0.6) is 0 Å². The molecule has 0 aromatic carbocycles. The topological polar surface area (TPSA) is 95.2 Å². The van der Waals surface area contributed by atoms with E-state index in [0.717, 1.165) is 12.4 Å². The quantitative estimate of drug-likeness (QED) is 0.828. The molecule has 0 radical (unpaired) electrons. The van der Waals surface area contributed by atoms with E-state index >= 15 is 0 Å². The lowest BCUT2D eigenvalue weighted by Crippen LogP contribution is -2.33. The minimum Gasteiger partial charge on any atom is -0.369 e. The fourth-order valence-corrected chi connectivity index (χ4v) is 1.79. The van der Waals surface area contributed by atoms with Crippen LogP contribution in [0.3, 0.4) is 0 Å². The molecule has 6 nitrogen and oxygen atoms in total. The zero-order valence-electron chi connectivity index (χ0n) is 9.50. The monoisotopic (exact) mass is 263 g/mol. The fraction of sp³-hybridized carbons (Fsp3) is 0.556. The average Bonchev–Trinajstić information content (AvgIpc) is 2.25. The number of hydrogen-bond acceptors (Lipinski definition) is 5. The normalized spacial score (nSPS) is 15.5. The zero-order chi connectivity index (χ0) is 13.1. The largest absolute Gasteiger partial charge is 0.369 e. The summed E-state index contributed by atoms with van der Waals surface area (Å²) in [6.45, 7) is 3.36. The van der Waals surface area contributed by atoms with E-state index in [4.69, 9.17) is 9.88 Å². The summed E-state index contributed by atoms with van der Waals surface area (Å²) in [4.78, 5) is 7.40. The standard InChI is InChI=1S/C9H14FN3O3S/c1-3-16-8(6(2)17(11,14)15)9-12-4-7(10)5-13-9/h4-6,8H,3H2,1-2H3,(H2,11,14,15). The van der Waals surface area contributed by atoms with E-state index in [1.165, 1.54) is 6.92 Å². The van der Waals surface area contributed by atoms with Gasteiger partial charge in [0, 0.05) is 6.61 Å². The van der Waals surface area contributed by atoms with Crippen LogP contribution in [-0.4, -0.2) is 30.2 Å². The van der Waals surface area contributed by atoms with E-state index in [1.807, 2.05) is 0 Å². The second-order valence-corrected chi connectivity index (χ2v) is 5.35. The third-order valence-corrected chi connectivity index (χ3v) is 3.47. The van der Waals surface area contributed by atoms with Gasteiger partial charge in [0.05, 0.1) is 12.4 Å². The van der Waals surface area contributed by atoms with Gasteiger partial charge in [0.15, 0.2) is 11.6 Å². The van der Waals surface area contributed by atoms with Crippen LogP contribution >= 0.6 is 0 Å². The first-order valence-electron chi connectivity index (χ1n) is 4.97. The molecule has 2 unspecified atom stereocenters. The van der Waals surface area contributed by atoms with Crippen molar-refractivity contribution >= 4 is 10.0 Å². The number of halogens is 1. The van der Waals surface area contributed by atoms with Crippen molar-refractivity contribution in [1.29, 1.82) is 0 Å². The Morgan fingerprint density at radius 3 is 2.41 bits per heavy atom. The van der Waals surface area contributed by atoms with Crippen LogP contribution < -0.4 is 5.14 Å². The lowest BCUT2D eigenvalue weighted by atomic mass is 10.2. The number of aromatic nitrogens is 2. The summed E-state index contributed by atoms with van der Waals surface area (Å²) in [6, 6.07) is 0. The summed E-state index contributed by atoms with van der Waals surface area (Å²) < 4.78 is 40.4. The van der Waals surface area contributed by atoms with Gasteiger partial charge in [-0.2, -0.15) is 0 Å². The molecule has 8 heteroatoms. The van der Waals surface area contributed by atoms with Crippen LogP contribution in [0.2, 0.25) is 0 Å². The number of primary sulfonamides is 1. The van der Waals surface area contributed by atoms with Gasteiger partial charge in [-0.25, -0.2) is 27.9 Å². The maximum absolute atomic E-state index is 12.7. The summed E-state index contributed by atoms with van der Waals surface area (Å²) in [5.41, 5.74) is 0. The molecule has 0 fully saturated rings. The molecule has 2 N–H and O–H groups in total. The molecule has 1 aromatic heterocycles. The summed E-state index contributed by atoms with van der Waals surface area (Å²) in [7, 11) is -3.78. The number of nitrogens with two attached hydrogens (primary N) is 1. The van der Waals surface area contributed by atoms with Gasteiger partial charge < -0.3 is 4.74 Å². The second-order valence-electron chi connectivity index (χ2n) is 3.43. The summed E-state index contributed by atoms with van der Waals surface area (Å²) in [5.74, 6) is -0.512. The highest BCUT2D eigenvalue weighted by Gasteiger charge is 2.30. The predicted octanol–water partition coefficient (Wildman–Crippen LogP) is 0.370. The molecule has 1 aromatic rings. The lowest BCUT2D eigenvalue weighted by molar-refractivity contribution is 0.0555. The van der Waals surface area contributed by atoms with Crippen molar-refractivity contribution in [1.82, 2.24) is 9.97 Å². The van der Waals surface area contributed by atoms with Crippen LogP contribution in [0.25, 0.3) is 0 Å². The van der Waals surface area contributed by atoms with Crippen molar-refractivity contribution in [2.24, 2.45) is 5.14 Å². The van der Waals surface area contributed by atoms with Gasteiger partial charge in [-0.15, -0.1) is 0 Å². The van der Waals surface area contributed by atoms with E-state index in [1.54, 1.807) is 6.92 Å². The highest BCUT2D eigenvalue weighted by molar-refractivity contribution is 7.89. The molecule has 0 spiro atoms. The Morgan fingerprint density at radius 2 is 2.00 bits per heavy atom. The van der Waals surface area contributed by atoms with Gasteiger partial charge in [-0.1, -0.05) is 0 Å². The molecule has 1 heterocycles. The summed E-state index contributed by atoms with van der Waals surface area (Å²) in [5, 5.41) is 4.03. The van der Waals surface area contributed by atoms with Gasteiger partial charge in [-0.05, 0) is 13.8 Å². The lowest BCUT2D eigenvalue weighted by Gasteiger charge is -2.20. The van der Waals surface area contributed by atoms with Gasteiger partial charge in [0.1, 0.15) is 11.4 Å². The smallest absolute Gasteiger partial charge is 0.214 e. The molecule has 0 saturated carbocycles. The molecular formula is C9H14FN3O3S. The number of rotatable bonds is 5. The van der Waals surface area contributed by atoms with Crippen LogP contribution in [0, 0.1) is 5.82 Å². The minimum atomic E-state index is -3.78. The molecule has 2 atom stereocenters. The van der Waals surface area contributed by atoms with Gasteiger partial charge in [0.2, 0.25) is 10.0 Å². The Balaban J connectivity index is 3.05. The van der Waals surface area contributed by atoms with Crippen molar-refractivity contribution in [2.75, 3.05) is 6.61 Å². The third-order valence-electron chi connectivity index (χ3n) is 2.19. The number of ether oxygens (including phenoxy) is 1. The summed E-state index contributed by atoms with van der Waals surface area (Å²) in [6.07, 6.45) is 0.990. The molecule has 0 aliphatic rings. The van der Waals surface area contributed by atoms with E-state index in [0.29, 0.717) is 0 Å². The molecule has 0 bridgehead atoms. The minimum absolute atomic E-state index is 0.0924. The number of sulfonamides is 1. The molecule has 0 aliphatic heterocycles. The van der Waals surface area contributed by atoms with Gasteiger partial charge >= 0.3 is 0 Å². The van der Waals surface area contributed by atoms with Crippen molar-refractivity contribution in [2.45, 2.75) is 25.2 Å². The maximum atomic E-state index is 12.7. The van der Waals surface area contributed by atoms with Crippen LogP contribution in [0.1, 0.15) is 25.8 Å². The Bertz CT molecular complexity index is 463. The highest BCUT2D eigenvalue weighted by atomic mass is 32.2. The molecular weight excluding hydrogens is 249 g/mol. The number of hydrogen-bond donors (Lipinski definition) is 1. The van der Waals surface area contributed by atoms with Crippen LogP contribution in [0.15, 0.2) is 12.4 Å². The second kappa shape index (κ2) is 5.48. The molecule has 0 aliphatic carbocycles. The maximum Gasteiger partial charge on any atom is 0.214 e. The fourth-order valence-electron chi connectivity index (χ4n) is 1.24. The Labute approximate surface area is 99.1 Å². The average molecular weight is 263 g/mol. The van der Waals surface area contributed by atoms with E-state index < -0.39 is 27.2 Å². The molecule has 96 valence electrons. The van der Waals surface area contributed by atoms with Crippen LogP contribution in [-0.2, 0) is 14.8 Å². The van der Waals surface area contributed by atoms with E-state index in [2.05, 4.69) is 9.97 Å². The SMILES string of the molecule is CCOC(c1ncc(F)cn1)C(C)S(N)(=O)=O. The van der Waals surface area contributed by atoms with Crippen molar-refractivity contribution in [3.63, 3.8) is 0 Å². The van der Waals surface area contributed by atoms with Crippen molar-refractivity contribution < 1.29 is 17.5 Å². The molecule has 17 heavy (non-hydrogen) atoms. The highest BCUT2D eigenvalue weighted by Crippen LogP contribution is 2.21. The van der Waals surface area contributed by atoms with E-state index in [9.17, 15) is 12.8 Å². The van der Waals surface area contributed by atoms with Gasteiger partial charge in [-0.3, -0.25) is 0 Å². The number of nitrogens with zero attached hydrogens (tertiary/aromatic N) is 2. The van der Waals surface area contributed by atoms with Crippen LogP contribution in [0.4, 0.5) is 4.39 Å². The van der Waals surface area contributed by atoms with Gasteiger partial charge in [0.25, 0.3) is 0 Å². The Hall–Kier alpha value is -1.12. The first-order valence-corrected chi connectivity index (χ1v) is 6.58. The molecule has 0 saturated heterocycles. The predicted molar refractivity (Wildman–Crippen MR) is 58.9 cm³/mol. The Morgan fingerprint density at radius 1 is 1.47 bits per heavy atom. The third kappa shape index (κ3) is 3.69. The van der Waals surface area contributed by atoms with E-state index in [-0.39, 0.29) is 12.4 Å². The molecule has 0 amide bonds.